The van der Waals surface area contributed by atoms with E-state index in [1.807, 2.05) is 6.07 Å². The number of carboxylic acid groups (broad SMARTS) is 1. The molecule has 0 saturated heterocycles. The van der Waals surface area contributed by atoms with E-state index in [1.54, 1.807) is 24.3 Å². The molecule has 0 spiro atoms. The zero-order chi connectivity index (χ0) is 13.5. The minimum absolute atomic E-state index is 0.379. The van der Waals surface area contributed by atoms with E-state index < -0.39 is 18.6 Å². The molecule has 4 nitrogen and oxygen atoms in total. The number of carbonyl (C=O) groups excluding carboxylic acids is 1. The molecular weight excluding hydrogens is 239 g/mol. The maximum atomic E-state index is 10.9. The number of rotatable bonds is 2. The summed E-state index contributed by atoms with van der Waals surface area (Å²) in [5.41, 5.74) is 5.53. The van der Waals surface area contributed by atoms with Gasteiger partial charge in [-0.2, -0.15) is 13.2 Å². The molecule has 0 aliphatic heterocycles. The molecule has 0 radical (unpaired) electrons. The molecule has 17 heavy (non-hydrogen) atoms. The van der Waals surface area contributed by atoms with Crippen LogP contribution in [-0.2, 0) is 4.79 Å². The largest absolute Gasteiger partial charge is 0.481 e. The lowest BCUT2D eigenvalue weighted by molar-refractivity contribution is -0.166. The van der Waals surface area contributed by atoms with Crippen LogP contribution in [0.4, 0.5) is 13.2 Å². The molecule has 1 rings (SSSR count). The van der Waals surface area contributed by atoms with Crippen molar-refractivity contribution in [3.8, 4) is 0 Å². The quantitative estimate of drug-likeness (QED) is 0.838. The van der Waals surface area contributed by atoms with Crippen molar-refractivity contribution in [3.05, 3.63) is 35.9 Å². The molecule has 0 unspecified atom stereocenters. The Bertz CT molecular complexity index is 376. The third-order valence-corrected chi connectivity index (χ3v) is 1.41. The number of hydrogen-bond donors (Lipinski definition) is 2. The number of benzene rings is 1. The van der Waals surface area contributed by atoms with Gasteiger partial charge in [0.1, 0.15) is 6.42 Å². The molecule has 94 valence electrons. The van der Waals surface area contributed by atoms with Crippen LogP contribution in [0.1, 0.15) is 16.8 Å². The fraction of sp³-hybridized carbons (Fsp3) is 0.200. The first-order valence-corrected chi connectivity index (χ1v) is 4.36. The van der Waals surface area contributed by atoms with Crippen molar-refractivity contribution in [1.29, 1.82) is 0 Å². The van der Waals surface area contributed by atoms with Crippen LogP contribution in [0.25, 0.3) is 0 Å². The van der Waals surface area contributed by atoms with Crippen molar-refractivity contribution >= 4 is 11.9 Å². The molecular formula is C10H10F3NO3. The third-order valence-electron chi connectivity index (χ3n) is 1.41. The van der Waals surface area contributed by atoms with Gasteiger partial charge in [-0.1, -0.05) is 18.2 Å². The smallest absolute Gasteiger partial charge is 0.399 e. The first-order valence-electron chi connectivity index (χ1n) is 4.36. The number of halogens is 3. The summed E-state index contributed by atoms with van der Waals surface area (Å²) >= 11 is 0. The molecule has 3 N–H and O–H groups in total. The molecule has 1 amide bonds. The van der Waals surface area contributed by atoms with Gasteiger partial charge in [-0.15, -0.1) is 0 Å². The Morgan fingerprint density at radius 3 is 1.82 bits per heavy atom. The van der Waals surface area contributed by atoms with Gasteiger partial charge in [0.2, 0.25) is 5.91 Å². The highest BCUT2D eigenvalue weighted by molar-refractivity contribution is 5.92. The van der Waals surface area contributed by atoms with Crippen LogP contribution in [0.5, 0.6) is 0 Å². The lowest BCUT2D eigenvalue weighted by Crippen LogP contribution is -2.13. The Morgan fingerprint density at radius 2 is 1.65 bits per heavy atom. The molecule has 0 aromatic heterocycles. The first kappa shape index (κ1) is 14.9. The minimum Gasteiger partial charge on any atom is -0.481 e. The lowest BCUT2D eigenvalue weighted by Gasteiger charge is -1.98. The second-order valence-electron chi connectivity index (χ2n) is 2.92. The van der Waals surface area contributed by atoms with Crippen LogP contribution in [-0.4, -0.2) is 23.2 Å². The van der Waals surface area contributed by atoms with E-state index in [0.717, 1.165) is 0 Å². The van der Waals surface area contributed by atoms with Gasteiger partial charge in [0.15, 0.2) is 0 Å². The van der Waals surface area contributed by atoms with Crippen LogP contribution in [0.3, 0.4) is 0 Å². The highest BCUT2D eigenvalue weighted by atomic mass is 19.4. The zero-order valence-corrected chi connectivity index (χ0v) is 8.57. The standard InChI is InChI=1S/C7H7NO.C3H3F3O2/c8-7(9)6-4-2-1-3-5-6;4-3(5,6)1-2(7)8/h1-5H,(H2,8,9);1H2,(H,7,8). The van der Waals surface area contributed by atoms with Crippen molar-refractivity contribution < 1.29 is 27.9 Å². The van der Waals surface area contributed by atoms with E-state index in [1.165, 1.54) is 0 Å². The molecule has 0 aliphatic carbocycles. The number of hydrogen-bond acceptors (Lipinski definition) is 2. The second-order valence-corrected chi connectivity index (χ2v) is 2.92. The Hall–Kier alpha value is -2.05. The van der Waals surface area contributed by atoms with E-state index in [4.69, 9.17) is 10.8 Å². The zero-order valence-electron chi connectivity index (χ0n) is 8.57. The number of primary amides is 1. The van der Waals surface area contributed by atoms with Gasteiger partial charge in [-0.05, 0) is 12.1 Å². The number of aliphatic carboxylic acids is 1. The van der Waals surface area contributed by atoms with Crippen molar-refractivity contribution in [1.82, 2.24) is 0 Å². The van der Waals surface area contributed by atoms with Crippen molar-refractivity contribution in [2.75, 3.05) is 0 Å². The maximum Gasteiger partial charge on any atom is 0.399 e. The van der Waals surface area contributed by atoms with Crippen LogP contribution < -0.4 is 5.73 Å². The number of alkyl halides is 3. The number of amides is 1. The van der Waals surface area contributed by atoms with Gasteiger partial charge in [0, 0.05) is 5.56 Å². The molecule has 7 heteroatoms. The average molecular weight is 249 g/mol. The second kappa shape index (κ2) is 6.51. The summed E-state index contributed by atoms with van der Waals surface area (Å²) < 4.78 is 32.8. The van der Waals surface area contributed by atoms with E-state index >= 15 is 0 Å². The number of nitrogens with two attached hydrogens (primary N) is 1. The fourth-order valence-electron chi connectivity index (χ4n) is 0.774. The first-order chi connectivity index (χ1) is 7.72. The van der Waals surface area contributed by atoms with Crippen molar-refractivity contribution in [2.45, 2.75) is 12.6 Å². The Kier molecular flexibility index (Phi) is 5.73. The van der Waals surface area contributed by atoms with Crippen LogP contribution in [0.15, 0.2) is 30.3 Å². The van der Waals surface area contributed by atoms with Crippen LogP contribution in [0, 0.1) is 0 Å². The highest BCUT2D eigenvalue weighted by Crippen LogP contribution is 2.18. The molecule has 1 aromatic rings. The van der Waals surface area contributed by atoms with E-state index in [-0.39, 0.29) is 5.91 Å². The molecule has 0 aliphatic rings. The van der Waals surface area contributed by atoms with Gasteiger partial charge in [0.25, 0.3) is 0 Å². The summed E-state index contributed by atoms with van der Waals surface area (Å²) in [4.78, 5) is 19.7. The fourth-order valence-corrected chi connectivity index (χ4v) is 0.774. The molecule has 0 bridgehead atoms. The molecule has 0 saturated carbocycles. The Balaban J connectivity index is 0.000000304. The monoisotopic (exact) mass is 249 g/mol. The van der Waals surface area contributed by atoms with Gasteiger partial charge in [-0.3, -0.25) is 9.59 Å². The predicted octanol–water partition coefficient (Wildman–Crippen LogP) is 1.81. The lowest BCUT2D eigenvalue weighted by atomic mass is 10.2. The van der Waals surface area contributed by atoms with Crippen molar-refractivity contribution in [2.24, 2.45) is 5.73 Å². The van der Waals surface area contributed by atoms with Gasteiger partial charge in [-0.25, -0.2) is 0 Å². The van der Waals surface area contributed by atoms with Crippen LogP contribution in [0.2, 0.25) is 0 Å². The van der Waals surface area contributed by atoms with Gasteiger partial charge < -0.3 is 10.8 Å². The Morgan fingerprint density at radius 1 is 1.18 bits per heavy atom. The summed E-state index contributed by atoms with van der Waals surface area (Å²) in [5.74, 6) is -2.23. The average Bonchev–Trinajstić information content (AvgIpc) is 2.16. The third kappa shape index (κ3) is 8.91. The topological polar surface area (TPSA) is 80.4 Å². The molecule has 0 heterocycles. The number of carboxylic acids is 1. The predicted molar refractivity (Wildman–Crippen MR) is 53.3 cm³/mol. The highest BCUT2D eigenvalue weighted by Gasteiger charge is 2.30. The van der Waals surface area contributed by atoms with E-state index in [0.29, 0.717) is 5.56 Å². The summed E-state index contributed by atoms with van der Waals surface area (Å²) in [5, 5.41) is 7.53. The summed E-state index contributed by atoms with van der Waals surface area (Å²) in [6.07, 6.45) is -6.33. The SMILES string of the molecule is NC(=O)c1ccccc1.O=C(O)CC(F)(F)F. The summed E-state index contributed by atoms with van der Waals surface area (Å²) in [7, 11) is 0. The molecule has 1 aromatic carbocycles. The van der Waals surface area contributed by atoms with Gasteiger partial charge in [0.05, 0.1) is 0 Å². The summed E-state index contributed by atoms with van der Waals surface area (Å²) in [6, 6.07) is 8.76. The normalized spacial score (nSPS) is 10.1. The number of carbonyl (C=O) groups is 2. The Labute approximate surface area is 94.9 Å². The summed E-state index contributed by atoms with van der Waals surface area (Å²) in [6.45, 7) is 0. The maximum absolute atomic E-state index is 10.9. The molecule has 0 fully saturated rings. The van der Waals surface area contributed by atoms with Gasteiger partial charge >= 0.3 is 12.1 Å². The van der Waals surface area contributed by atoms with E-state index in [2.05, 4.69) is 0 Å². The van der Waals surface area contributed by atoms with E-state index in [9.17, 15) is 22.8 Å². The molecule has 0 atom stereocenters. The van der Waals surface area contributed by atoms with Crippen LogP contribution >= 0.6 is 0 Å². The van der Waals surface area contributed by atoms with Crippen molar-refractivity contribution in [3.63, 3.8) is 0 Å². The minimum atomic E-state index is -4.58.